The van der Waals surface area contributed by atoms with Crippen LogP contribution in [0.25, 0.3) is 11.2 Å². The van der Waals surface area contributed by atoms with Crippen LogP contribution in [0.3, 0.4) is 0 Å². The molecule has 0 fully saturated rings. The van der Waals surface area contributed by atoms with Crippen molar-refractivity contribution in [3.8, 4) is 5.88 Å². The average molecular weight is 291 g/mol. The lowest BCUT2D eigenvalue weighted by atomic mass is 10.4. The van der Waals surface area contributed by atoms with Gasteiger partial charge in [0.25, 0.3) is 0 Å². The molecule has 1 N–H and O–H groups in total. The molecule has 0 saturated heterocycles. The predicted octanol–water partition coefficient (Wildman–Crippen LogP) is 0.869. The Morgan fingerprint density at radius 1 is 1.35 bits per heavy atom. The summed E-state index contributed by atoms with van der Waals surface area (Å²) < 4.78 is 9.34. The number of fused-ring (bicyclic) bond motifs is 1. The number of rotatable bonds is 4. The minimum atomic E-state index is 0.482. The fourth-order valence-corrected chi connectivity index (χ4v) is 2.30. The van der Waals surface area contributed by atoms with Gasteiger partial charge in [0.15, 0.2) is 16.2 Å². The maximum atomic E-state index is 5.32. The van der Waals surface area contributed by atoms with E-state index >= 15 is 0 Å². The van der Waals surface area contributed by atoms with E-state index in [-0.39, 0.29) is 0 Å². The highest BCUT2D eigenvalue weighted by Crippen LogP contribution is 2.20. The van der Waals surface area contributed by atoms with Crippen molar-refractivity contribution in [3.63, 3.8) is 0 Å². The van der Waals surface area contributed by atoms with E-state index < -0.39 is 0 Å². The van der Waals surface area contributed by atoms with Gasteiger partial charge in [-0.1, -0.05) is 0 Å². The van der Waals surface area contributed by atoms with Crippen molar-refractivity contribution in [3.05, 3.63) is 23.3 Å². The van der Waals surface area contributed by atoms with E-state index in [0.29, 0.717) is 29.1 Å². The van der Waals surface area contributed by atoms with Gasteiger partial charge in [0.05, 0.1) is 7.11 Å². The van der Waals surface area contributed by atoms with Crippen LogP contribution < -0.4 is 4.74 Å². The van der Waals surface area contributed by atoms with Crippen LogP contribution in [0.4, 0.5) is 0 Å². The fraction of sp³-hybridized carbons (Fsp3) is 0.364. The number of hydrogen-bond donors (Lipinski definition) is 1. The lowest BCUT2D eigenvalue weighted by Gasteiger charge is -2.02. The Balaban J connectivity index is 1.95. The first-order valence-corrected chi connectivity index (χ1v) is 6.42. The Kier molecular flexibility index (Phi) is 3.18. The van der Waals surface area contributed by atoms with Gasteiger partial charge in [-0.25, -0.2) is 9.97 Å². The molecule has 0 aliphatic carbocycles. The Hall–Kier alpha value is -2.29. The highest BCUT2D eigenvalue weighted by Gasteiger charge is 2.11. The molecule has 0 saturated carbocycles. The van der Waals surface area contributed by atoms with Gasteiger partial charge in [-0.15, -0.1) is 0 Å². The Labute approximate surface area is 119 Å². The van der Waals surface area contributed by atoms with Gasteiger partial charge >= 0.3 is 0 Å². The van der Waals surface area contributed by atoms with Crippen molar-refractivity contribution in [2.45, 2.75) is 13.0 Å². The zero-order chi connectivity index (χ0) is 14.1. The molecule has 0 spiro atoms. The summed E-state index contributed by atoms with van der Waals surface area (Å²) in [6, 6.07) is 0. The van der Waals surface area contributed by atoms with Gasteiger partial charge in [0.1, 0.15) is 18.2 Å². The highest BCUT2D eigenvalue weighted by molar-refractivity contribution is 7.71. The van der Waals surface area contributed by atoms with Crippen molar-refractivity contribution < 1.29 is 4.74 Å². The van der Waals surface area contributed by atoms with Crippen LogP contribution in [0.15, 0.2) is 12.7 Å². The van der Waals surface area contributed by atoms with E-state index in [0.717, 1.165) is 11.5 Å². The molecule has 104 valence electrons. The number of aromatic nitrogens is 7. The van der Waals surface area contributed by atoms with E-state index in [1.54, 1.807) is 18.1 Å². The summed E-state index contributed by atoms with van der Waals surface area (Å²) in [5.41, 5.74) is 1.42. The molecule has 9 heteroatoms. The summed E-state index contributed by atoms with van der Waals surface area (Å²) in [5.74, 6) is 1.25. The second-order valence-corrected chi connectivity index (χ2v) is 4.63. The SMILES string of the molecule is COc1ncnc2c1[nH]c(=S)n2CCc1ncn(C)n1. The molecule has 0 bridgehead atoms. The molecule has 0 aromatic carbocycles. The first-order chi connectivity index (χ1) is 9.69. The second-order valence-electron chi connectivity index (χ2n) is 4.25. The minimum absolute atomic E-state index is 0.482. The maximum Gasteiger partial charge on any atom is 0.242 e. The average Bonchev–Trinajstić information content (AvgIpc) is 2.99. The number of methoxy groups -OCH3 is 1. The van der Waals surface area contributed by atoms with Crippen LogP contribution in [-0.4, -0.2) is 41.4 Å². The van der Waals surface area contributed by atoms with E-state index in [1.807, 2.05) is 11.6 Å². The summed E-state index contributed by atoms with van der Waals surface area (Å²) in [6.45, 7) is 0.642. The first kappa shape index (κ1) is 12.7. The van der Waals surface area contributed by atoms with Crippen molar-refractivity contribution in [1.82, 2.24) is 34.3 Å². The van der Waals surface area contributed by atoms with Gasteiger partial charge in [0.2, 0.25) is 5.88 Å². The van der Waals surface area contributed by atoms with Crippen LogP contribution >= 0.6 is 12.2 Å². The molecule has 8 nitrogen and oxygen atoms in total. The molecular formula is C11H13N7OS. The predicted molar refractivity (Wildman–Crippen MR) is 74.0 cm³/mol. The molecule has 0 radical (unpaired) electrons. The summed E-state index contributed by atoms with van der Waals surface area (Å²) in [7, 11) is 3.40. The van der Waals surface area contributed by atoms with Crippen molar-refractivity contribution in [1.29, 1.82) is 0 Å². The molecule has 0 aliphatic rings. The number of nitrogens with zero attached hydrogens (tertiary/aromatic N) is 6. The van der Waals surface area contributed by atoms with Crippen molar-refractivity contribution in [2.75, 3.05) is 7.11 Å². The number of nitrogens with one attached hydrogen (secondary N) is 1. The molecule has 0 aliphatic heterocycles. The molecule has 0 amide bonds. The fourth-order valence-electron chi connectivity index (χ4n) is 2.02. The van der Waals surface area contributed by atoms with Crippen molar-refractivity contribution >= 4 is 23.4 Å². The summed E-state index contributed by atoms with van der Waals surface area (Å²) in [4.78, 5) is 15.6. The highest BCUT2D eigenvalue weighted by atomic mass is 32.1. The van der Waals surface area contributed by atoms with Crippen LogP contribution in [0.2, 0.25) is 0 Å². The summed E-state index contributed by atoms with van der Waals surface area (Å²) in [6.07, 6.45) is 3.81. The van der Waals surface area contributed by atoms with E-state index in [2.05, 4.69) is 25.0 Å². The Morgan fingerprint density at radius 2 is 2.20 bits per heavy atom. The van der Waals surface area contributed by atoms with Crippen LogP contribution in [0, 0.1) is 4.77 Å². The normalized spacial score (nSPS) is 11.1. The lowest BCUT2D eigenvalue weighted by Crippen LogP contribution is -2.04. The number of aryl methyl sites for hydroxylation is 3. The van der Waals surface area contributed by atoms with Gasteiger partial charge in [-0.05, 0) is 12.2 Å². The smallest absolute Gasteiger partial charge is 0.242 e. The van der Waals surface area contributed by atoms with E-state index in [9.17, 15) is 0 Å². The number of H-pyrrole nitrogens is 1. The largest absolute Gasteiger partial charge is 0.479 e. The van der Waals surface area contributed by atoms with E-state index in [4.69, 9.17) is 17.0 Å². The Morgan fingerprint density at radius 3 is 2.90 bits per heavy atom. The summed E-state index contributed by atoms with van der Waals surface area (Å²) in [5, 5.41) is 4.24. The standard InChI is InChI=1S/C11H13N7OS/c1-17-6-14-7(16-17)3-4-18-9-8(15-11(18)20)10(19-2)13-5-12-9/h5-6H,3-4H2,1-2H3,(H,15,20). The molecule has 3 heterocycles. The third kappa shape index (κ3) is 2.16. The molecule has 0 unspecified atom stereocenters. The van der Waals surface area contributed by atoms with Crippen molar-refractivity contribution in [2.24, 2.45) is 7.05 Å². The molecular weight excluding hydrogens is 278 g/mol. The molecule has 20 heavy (non-hydrogen) atoms. The van der Waals surface area contributed by atoms with Gasteiger partial charge in [0, 0.05) is 20.0 Å². The number of aromatic amines is 1. The number of hydrogen-bond acceptors (Lipinski definition) is 6. The monoisotopic (exact) mass is 291 g/mol. The third-order valence-corrected chi connectivity index (χ3v) is 3.25. The Bertz CT molecular complexity index is 803. The minimum Gasteiger partial charge on any atom is -0.479 e. The topological polar surface area (TPSA) is 86.4 Å². The molecule has 3 aromatic rings. The number of imidazole rings is 1. The zero-order valence-corrected chi connectivity index (χ0v) is 11.9. The van der Waals surface area contributed by atoms with E-state index in [1.165, 1.54) is 6.33 Å². The van der Waals surface area contributed by atoms with Gasteiger partial charge in [-0.3, -0.25) is 4.68 Å². The second kappa shape index (κ2) is 5.00. The van der Waals surface area contributed by atoms with Gasteiger partial charge < -0.3 is 14.3 Å². The molecule has 3 aromatic heterocycles. The quantitative estimate of drug-likeness (QED) is 0.718. The molecule has 0 atom stereocenters. The lowest BCUT2D eigenvalue weighted by molar-refractivity contribution is 0.401. The first-order valence-electron chi connectivity index (χ1n) is 6.01. The van der Waals surface area contributed by atoms with Gasteiger partial charge in [-0.2, -0.15) is 10.1 Å². The van der Waals surface area contributed by atoms with Crippen LogP contribution in [-0.2, 0) is 20.0 Å². The third-order valence-electron chi connectivity index (χ3n) is 2.92. The van der Waals surface area contributed by atoms with Crippen LogP contribution in [0.1, 0.15) is 5.82 Å². The number of ether oxygens (including phenoxy) is 1. The molecule has 3 rings (SSSR count). The summed E-state index contributed by atoms with van der Waals surface area (Å²) >= 11 is 5.32. The zero-order valence-electron chi connectivity index (χ0n) is 11.1. The van der Waals surface area contributed by atoms with Crippen LogP contribution in [0.5, 0.6) is 5.88 Å². The maximum absolute atomic E-state index is 5.32.